The van der Waals surface area contributed by atoms with Gasteiger partial charge in [0, 0.05) is 18.2 Å². The number of para-hydroxylation sites is 1. The third-order valence-electron chi connectivity index (χ3n) is 3.53. The molecule has 0 spiro atoms. The fraction of sp³-hybridized carbons (Fsp3) is 0.294. The van der Waals surface area contributed by atoms with E-state index in [1.165, 1.54) is 12.8 Å². The SMILES string of the molecule is Oc1ccc(COc2c(Br)cccc2CNC2CC2)cc1. The summed E-state index contributed by atoms with van der Waals surface area (Å²) in [4.78, 5) is 0. The predicted molar refractivity (Wildman–Crippen MR) is 86.4 cm³/mol. The normalized spacial score (nSPS) is 14.1. The van der Waals surface area contributed by atoms with E-state index >= 15 is 0 Å². The lowest BCUT2D eigenvalue weighted by Gasteiger charge is -2.14. The highest BCUT2D eigenvalue weighted by molar-refractivity contribution is 9.10. The molecule has 0 atom stereocenters. The summed E-state index contributed by atoms with van der Waals surface area (Å²) in [5.74, 6) is 1.16. The Morgan fingerprint density at radius 2 is 1.90 bits per heavy atom. The van der Waals surface area contributed by atoms with Gasteiger partial charge in [0.25, 0.3) is 0 Å². The van der Waals surface area contributed by atoms with Gasteiger partial charge >= 0.3 is 0 Å². The number of nitrogens with one attached hydrogen (secondary N) is 1. The molecule has 2 aromatic carbocycles. The Bertz CT molecular complexity index is 609. The molecule has 0 radical (unpaired) electrons. The standard InChI is InChI=1S/C17H18BrNO2/c18-16-3-1-2-13(10-19-14-6-7-14)17(16)21-11-12-4-8-15(20)9-5-12/h1-5,8-9,14,19-20H,6-7,10-11H2. The Labute approximate surface area is 133 Å². The van der Waals surface area contributed by atoms with Gasteiger partial charge in [-0.15, -0.1) is 0 Å². The molecule has 0 amide bonds. The van der Waals surface area contributed by atoms with Crippen LogP contribution >= 0.6 is 15.9 Å². The van der Waals surface area contributed by atoms with Crippen LogP contribution in [0.3, 0.4) is 0 Å². The first-order chi connectivity index (χ1) is 10.2. The van der Waals surface area contributed by atoms with E-state index in [-0.39, 0.29) is 5.75 Å². The van der Waals surface area contributed by atoms with Crippen molar-refractivity contribution in [3.63, 3.8) is 0 Å². The van der Waals surface area contributed by atoms with E-state index in [1.54, 1.807) is 12.1 Å². The van der Waals surface area contributed by atoms with Gasteiger partial charge < -0.3 is 15.2 Å². The monoisotopic (exact) mass is 347 g/mol. The summed E-state index contributed by atoms with van der Waals surface area (Å²) in [7, 11) is 0. The lowest BCUT2D eigenvalue weighted by molar-refractivity contribution is 0.300. The van der Waals surface area contributed by atoms with E-state index in [4.69, 9.17) is 4.74 Å². The molecule has 21 heavy (non-hydrogen) atoms. The Hall–Kier alpha value is -1.52. The third-order valence-corrected chi connectivity index (χ3v) is 4.15. The van der Waals surface area contributed by atoms with E-state index in [0.717, 1.165) is 27.9 Å². The molecular formula is C17H18BrNO2. The number of phenolic OH excluding ortho intramolecular Hbond substituents is 1. The van der Waals surface area contributed by atoms with Crippen LogP contribution in [0, 0.1) is 0 Å². The molecule has 3 rings (SSSR count). The summed E-state index contributed by atoms with van der Waals surface area (Å²) in [5.41, 5.74) is 2.19. The molecule has 0 unspecified atom stereocenters. The Kier molecular flexibility index (Phi) is 4.46. The summed E-state index contributed by atoms with van der Waals surface area (Å²) in [6, 6.07) is 13.9. The van der Waals surface area contributed by atoms with E-state index in [1.807, 2.05) is 24.3 Å². The largest absolute Gasteiger partial charge is 0.508 e. The van der Waals surface area contributed by atoms with Gasteiger partial charge in [-0.25, -0.2) is 0 Å². The molecule has 1 aliphatic carbocycles. The van der Waals surface area contributed by atoms with Crippen LogP contribution in [-0.4, -0.2) is 11.1 Å². The summed E-state index contributed by atoms with van der Waals surface area (Å²) < 4.78 is 6.95. The van der Waals surface area contributed by atoms with Crippen LogP contribution in [0.5, 0.6) is 11.5 Å². The first-order valence-electron chi connectivity index (χ1n) is 7.14. The zero-order valence-corrected chi connectivity index (χ0v) is 13.3. The van der Waals surface area contributed by atoms with E-state index in [2.05, 4.69) is 27.3 Å². The average molecular weight is 348 g/mol. The van der Waals surface area contributed by atoms with Gasteiger partial charge in [-0.05, 0) is 52.5 Å². The number of benzene rings is 2. The maximum Gasteiger partial charge on any atom is 0.138 e. The number of ether oxygens (including phenoxy) is 1. The van der Waals surface area contributed by atoms with Crippen molar-refractivity contribution in [1.82, 2.24) is 5.32 Å². The van der Waals surface area contributed by atoms with Gasteiger partial charge in [-0.2, -0.15) is 0 Å². The van der Waals surface area contributed by atoms with Gasteiger partial charge in [-0.3, -0.25) is 0 Å². The summed E-state index contributed by atoms with van der Waals surface area (Å²) in [6.45, 7) is 1.31. The number of hydrogen-bond donors (Lipinski definition) is 2. The highest BCUT2D eigenvalue weighted by Gasteiger charge is 2.21. The van der Waals surface area contributed by atoms with Crippen molar-refractivity contribution in [2.75, 3.05) is 0 Å². The number of halogens is 1. The fourth-order valence-electron chi connectivity index (χ4n) is 2.14. The fourth-order valence-corrected chi connectivity index (χ4v) is 2.67. The van der Waals surface area contributed by atoms with Crippen molar-refractivity contribution >= 4 is 15.9 Å². The van der Waals surface area contributed by atoms with Crippen molar-refractivity contribution in [1.29, 1.82) is 0 Å². The molecule has 1 fully saturated rings. The van der Waals surface area contributed by atoms with Crippen molar-refractivity contribution < 1.29 is 9.84 Å². The van der Waals surface area contributed by atoms with Crippen molar-refractivity contribution in [3.8, 4) is 11.5 Å². The average Bonchev–Trinajstić information content (AvgIpc) is 3.30. The van der Waals surface area contributed by atoms with Gasteiger partial charge in [0.15, 0.2) is 0 Å². The van der Waals surface area contributed by atoms with Gasteiger partial charge in [-0.1, -0.05) is 24.3 Å². The van der Waals surface area contributed by atoms with E-state index in [9.17, 15) is 5.11 Å². The molecule has 1 saturated carbocycles. The molecule has 2 aromatic rings. The highest BCUT2D eigenvalue weighted by Crippen LogP contribution is 2.31. The lowest BCUT2D eigenvalue weighted by Crippen LogP contribution is -2.16. The molecule has 2 N–H and O–H groups in total. The number of phenols is 1. The third kappa shape index (κ3) is 3.99. The Balaban J connectivity index is 1.69. The van der Waals surface area contributed by atoms with Crippen LogP contribution in [0.2, 0.25) is 0 Å². The molecule has 0 heterocycles. The number of aromatic hydroxyl groups is 1. The quantitative estimate of drug-likeness (QED) is 0.830. The van der Waals surface area contributed by atoms with Crippen LogP contribution in [0.4, 0.5) is 0 Å². The van der Waals surface area contributed by atoms with Crippen molar-refractivity contribution in [2.45, 2.75) is 32.0 Å². The Morgan fingerprint density at radius 1 is 1.14 bits per heavy atom. The second kappa shape index (κ2) is 6.50. The topological polar surface area (TPSA) is 41.5 Å². The minimum Gasteiger partial charge on any atom is -0.508 e. The molecule has 0 aromatic heterocycles. The zero-order chi connectivity index (χ0) is 14.7. The minimum atomic E-state index is 0.272. The van der Waals surface area contributed by atoms with Crippen molar-refractivity contribution in [2.24, 2.45) is 0 Å². The predicted octanol–water partition coefficient (Wildman–Crippen LogP) is 3.99. The Morgan fingerprint density at radius 3 is 2.62 bits per heavy atom. The van der Waals surface area contributed by atoms with Gasteiger partial charge in [0.2, 0.25) is 0 Å². The van der Waals surface area contributed by atoms with Crippen LogP contribution in [0.15, 0.2) is 46.9 Å². The minimum absolute atomic E-state index is 0.272. The molecule has 110 valence electrons. The smallest absolute Gasteiger partial charge is 0.138 e. The molecular weight excluding hydrogens is 330 g/mol. The van der Waals surface area contributed by atoms with Gasteiger partial charge in [0.1, 0.15) is 18.1 Å². The first kappa shape index (κ1) is 14.4. The number of hydrogen-bond acceptors (Lipinski definition) is 3. The molecule has 0 bridgehead atoms. The van der Waals surface area contributed by atoms with Crippen LogP contribution in [0.1, 0.15) is 24.0 Å². The summed E-state index contributed by atoms with van der Waals surface area (Å²) >= 11 is 3.56. The maximum atomic E-state index is 9.30. The zero-order valence-electron chi connectivity index (χ0n) is 11.7. The van der Waals surface area contributed by atoms with E-state index in [0.29, 0.717) is 12.6 Å². The lowest BCUT2D eigenvalue weighted by atomic mass is 10.2. The first-order valence-corrected chi connectivity index (χ1v) is 7.93. The molecule has 0 aliphatic heterocycles. The summed E-state index contributed by atoms with van der Waals surface area (Å²) in [6.07, 6.45) is 2.55. The molecule has 4 heteroatoms. The van der Waals surface area contributed by atoms with Crippen LogP contribution in [0.25, 0.3) is 0 Å². The maximum absolute atomic E-state index is 9.30. The van der Waals surface area contributed by atoms with Crippen LogP contribution in [-0.2, 0) is 13.2 Å². The molecule has 1 aliphatic rings. The second-order valence-corrected chi connectivity index (χ2v) is 6.19. The van der Waals surface area contributed by atoms with Crippen molar-refractivity contribution in [3.05, 3.63) is 58.1 Å². The summed E-state index contributed by atoms with van der Waals surface area (Å²) in [5, 5.41) is 12.8. The highest BCUT2D eigenvalue weighted by atomic mass is 79.9. The van der Waals surface area contributed by atoms with Gasteiger partial charge in [0.05, 0.1) is 4.47 Å². The second-order valence-electron chi connectivity index (χ2n) is 5.34. The molecule has 0 saturated heterocycles. The molecule has 3 nitrogen and oxygen atoms in total. The number of rotatable bonds is 6. The van der Waals surface area contributed by atoms with E-state index < -0.39 is 0 Å². The van der Waals surface area contributed by atoms with Crippen LogP contribution < -0.4 is 10.1 Å².